The van der Waals surface area contributed by atoms with Crippen LogP contribution in [0.4, 0.5) is 16.2 Å². The number of hydrogen-bond acceptors (Lipinski definition) is 5. The Morgan fingerprint density at radius 3 is 2.70 bits per heavy atom. The van der Waals surface area contributed by atoms with Crippen LogP contribution in [0.5, 0.6) is 11.5 Å². The first-order valence-electron chi connectivity index (χ1n) is 11.4. The number of benzene rings is 2. The van der Waals surface area contributed by atoms with E-state index in [1.165, 1.54) is 16.1 Å². The zero-order valence-electron chi connectivity index (χ0n) is 19.0. The summed E-state index contributed by atoms with van der Waals surface area (Å²) in [5.41, 5.74) is 4.40. The Kier molecular flexibility index (Phi) is 6.13. The van der Waals surface area contributed by atoms with Crippen molar-refractivity contribution in [2.75, 3.05) is 37.5 Å². The van der Waals surface area contributed by atoms with Crippen molar-refractivity contribution in [2.45, 2.75) is 31.8 Å². The molecular weight excluding hydrogens is 434 g/mol. The number of fused-ring (bicyclic) bond motifs is 1. The third-order valence-electron chi connectivity index (χ3n) is 6.60. The highest BCUT2D eigenvalue weighted by Crippen LogP contribution is 2.39. The highest BCUT2D eigenvalue weighted by atomic mass is 32.1. The van der Waals surface area contributed by atoms with Gasteiger partial charge in [0, 0.05) is 41.4 Å². The lowest BCUT2D eigenvalue weighted by molar-refractivity contribution is 0.206. The van der Waals surface area contributed by atoms with Crippen molar-refractivity contribution >= 4 is 28.7 Å². The number of ether oxygens (including phenoxy) is 2. The third kappa shape index (κ3) is 4.37. The molecule has 0 aliphatic carbocycles. The van der Waals surface area contributed by atoms with Crippen molar-refractivity contribution < 1.29 is 14.3 Å². The maximum atomic E-state index is 13.2. The molecule has 7 heteroatoms. The van der Waals surface area contributed by atoms with Crippen molar-refractivity contribution in [3.05, 3.63) is 69.9 Å². The predicted molar refractivity (Wildman–Crippen MR) is 133 cm³/mol. The van der Waals surface area contributed by atoms with E-state index >= 15 is 0 Å². The quantitative estimate of drug-likeness (QED) is 0.528. The number of amides is 2. The average molecular weight is 464 g/mol. The number of likely N-dealkylation sites (tertiary alicyclic amines) is 1. The van der Waals surface area contributed by atoms with Gasteiger partial charge in [0.2, 0.25) is 0 Å². The second-order valence-electron chi connectivity index (χ2n) is 8.48. The second-order valence-corrected chi connectivity index (χ2v) is 9.48. The van der Waals surface area contributed by atoms with Crippen molar-refractivity contribution in [1.82, 2.24) is 4.90 Å². The normalized spacial score (nSPS) is 17.6. The molecule has 3 heterocycles. The van der Waals surface area contributed by atoms with Gasteiger partial charge >= 0.3 is 6.03 Å². The number of thiophene rings is 1. The van der Waals surface area contributed by atoms with Crippen LogP contribution >= 0.6 is 11.3 Å². The fraction of sp³-hybridized carbons (Fsp3) is 0.346. The zero-order valence-corrected chi connectivity index (χ0v) is 19.9. The van der Waals surface area contributed by atoms with E-state index < -0.39 is 0 Å². The molecule has 2 amide bonds. The van der Waals surface area contributed by atoms with Crippen LogP contribution in [0, 0.1) is 0 Å². The molecule has 1 atom stereocenters. The summed E-state index contributed by atoms with van der Waals surface area (Å²) in [7, 11) is 3.31. The molecule has 2 aliphatic heterocycles. The minimum Gasteiger partial charge on any atom is -0.497 e. The number of hydrogen-bond donors (Lipinski definition) is 1. The molecule has 1 fully saturated rings. The van der Waals surface area contributed by atoms with Gasteiger partial charge in [-0.25, -0.2) is 4.79 Å². The maximum Gasteiger partial charge on any atom is 0.322 e. The van der Waals surface area contributed by atoms with Gasteiger partial charge in [-0.3, -0.25) is 0 Å². The summed E-state index contributed by atoms with van der Waals surface area (Å²) in [6.45, 7) is 2.69. The van der Waals surface area contributed by atoms with E-state index in [0.29, 0.717) is 6.54 Å². The molecule has 0 radical (unpaired) electrons. The molecule has 33 heavy (non-hydrogen) atoms. The van der Waals surface area contributed by atoms with Crippen LogP contribution < -0.4 is 19.7 Å². The molecule has 6 nitrogen and oxygen atoms in total. The average Bonchev–Trinajstić information content (AvgIpc) is 3.53. The number of nitrogens with one attached hydrogen (secondary N) is 1. The van der Waals surface area contributed by atoms with Gasteiger partial charge in [0.15, 0.2) is 0 Å². The molecule has 0 spiro atoms. The summed E-state index contributed by atoms with van der Waals surface area (Å²) in [5, 5.41) is 5.27. The van der Waals surface area contributed by atoms with E-state index in [0.717, 1.165) is 55.1 Å². The van der Waals surface area contributed by atoms with E-state index in [1.54, 1.807) is 14.2 Å². The number of methoxy groups -OCH3 is 2. The SMILES string of the molecule is COc1ccc(OC)c(C2CCCN2C(=O)Nc2ccc(N3CCc4sccc4C3)cc2)c1. The molecule has 0 saturated carbocycles. The largest absolute Gasteiger partial charge is 0.497 e. The summed E-state index contributed by atoms with van der Waals surface area (Å²) in [4.78, 5) is 19.0. The summed E-state index contributed by atoms with van der Waals surface area (Å²) in [6, 6.07) is 16.0. The van der Waals surface area contributed by atoms with Gasteiger partial charge < -0.3 is 24.6 Å². The van der Waals surface area contributed by atoms with Crippen LogP contribution in [0.2, 0.25) is 0 Å². The van der Waals surface area contributed by atoms with Crippen molar-refractivity contribution in [3.8, 4) is 11.5 Å². The number of rotatable bonds is 5. The van der Waals surface area contributed by atoms with Crippen LogP contribution in [0.1, 0.15) is 34.9 Å². The number of urea groups is 1. The maximum absolute atomic E-state index is 13.2. The van der Waals surface area contributed by atoms with Gasteiger partial charge in [0.05, 0.1) is 20.3 Å². The Hall–Kier alpha value is -3.19. The van der Waals surface area contributed by atoms with Crippen molar-refractivity contribution in [2.24, 2.45) is 0 Å². The number of nitrogens with zero attached hydrogens (tertiary/aromatic N) is 2. The highest BCUT2D eigenvalue weighted by molar-refractivity contribution is 7.10. The highest BCUT2D eigenvalue weighted by Gasteiger charge is 2.32. The van der Waals surface area contributed by atoms with Gasteiger partial charge in [0.1, 0.15) is 11.5 Å². The Bertz CT molecular complexity index is 1130. The first-order valence-corrected chi connectivity index (χ1v) is 12.2. The standard InChI is InChI=1S/C26H29N3O3S/c1-31-21-9-10-24(32-2)22(16-21)23-4-3-13-29(23)26(30)27-19-5-7-20(8-6-19)28-14-11-25-18(17-28)12-15-33-25/h5-10,12,15-16,23H,3-4,11,13-14,17H2,1-2H3,(H,27,30). The second kappa shape index (κ2) is 9.35. The molecule has 2 aliphatic rings. The van der Waals surface area contributed by atoms with Gasteiger partial charge in [0.25, 0.3) is 0 Å². The molecule has 1 unspecified atom stereocenters. The number of carbonyl (C=O) groups excluding carboxylic acids is 1. The van der Waals surface area contributed by atoms with Gasteiger partial charge in [-0.05, 0) is 78.7 Å². The third-order valence-corrected chi connectivity index (χ3v) is 7.62. The predicted octanol–water partition coefficient (Wildman–Crippen LogP) is 5.70. The van der Waals surface area contributed by atoms with Crippen molar-refractivity contribution in [1.29, 1.82) is 0 Å². The van der Waals surface area contributed by atoms with Crippen LogP contribution in [0.25, 0.3) is 0 Å². The van der Waals surface area contributed by atoms with Gasteiger partial charge in [-0.1, -0.05) is 0 Å². The smallest absolute Gasteiger partial charge is 0.322 e. The molecule has 2 aromatic carbocycles. The van der Waals surface area contributed by atoms with Gasteiger partial charge in [-0.2, -0.15) is 0 Å². The Morgan fingerprint density at radius 1 is 1.06 bits per heavy atom. The minimum atomic E-state index is -0.0870. The van der Waals surface area contributed by atoms with E-state index in [9.17, 15) is 4.79 Å². The minimum absolute atomic E-state index is 0.0394. The fourth-order valence-electron chi connectivity index (χ4n) is 4.85. The summed E-state index contributed by atoms with van der Waals surface area (Å²) >= 11 is 1.85. The van der Waals surface area contributed by atoms with Crippen molar-refractivity contribution in [3.63, 3.8) is 0 Å². The molecule has 0 bridgehead atoms. The first-order chi connectivity index (χ1) is 16.2. The van der Waals surface area contributed by atoms with E-state index in [1.807, 2.05) is 46.6 Å². The lowest BCUT2D eigenvalue weighted by Crippen LogP contribution is -2.34. The molecule has 172 valence electrons. The van der Waals surface area contributed by atoms with Crippen LogP contribution in [-0.4, -0.2) is 38.2 Å². The number of anilines is 2. The van der Waals surface area contributed by atoms with Crippen LogP contribution in [0.15, 0.2) is 53.9 Å². The number of carbonyl (C=O) groups is 1. The lowest BCUT2D eigenvalue weighted by Gasteiger charge is -2.29. The fourth-order valence-corrected chi connectivity index (χ4v) is 5.74. The van der Waals surface area contributed by atoms with E-state index in [2.05, 4.69) is 33.8 Å². The molecule has 5 rings (SSSR count). The molecule has 3 aromatic rings. The summed E-state index contributed by atoms with van der Waals surface area (Å²) in [6.07, 6.45) is 2.95. The van der Waals surface area contributed by atoms with Crippen LogP contribution in [0.3, 0.4) is 0 Å². The Balaban J connectivity index is 1.28. The van der Waals surface area contributed by atoms with Crippen LogP contribution in [-0.2, 0) is 13.0 Å². The zero-order chi connectivity index (χ0) is 22.8. The van der Waals surface area contributed by atoms with Gasteiger partial charge in [-0.15, -0.1) is 11.3 Å². The first kappa shape index (κ1) is 21.6. The van der Waals surface area contributed by atoms with E-state index in [4.69, 9.17) is 9.47 Å². The molecule has 1 saturated heterocycles. The Morgan fingerprint density at radius 2 is 1.91 bits per heavy atom. The molecule has 1 aromatic heterocycles. The monoisotopic (exact) mass is 463 g/mol. The summed E-state index contributed by atoms with van der Waals surface area (Å²) in [5.74, 6) is 1.54. The van der Waals surface area contributed by atoms with E-state index in [-0.39, 0.29) is 12.1 Å². The Labute approximate surface area is 198 Å². The molecular formula is C26H29N3O3S. The molecule has 1 N–H and O–H groups in total. The summed E-state index contributed by atoms with van der Waals surface area (Å²) < 4.78 is 11.0. The topological polar surface area (TPSA) is 54.0 Å². The lowest BCUT2D eigenvalue weighted by atomic mass is 10.0.